The van der Waals surface area contributed by atoms with Crippen LogP contribution in [0.1, 0.15) is 0 Å². The zero-order valence-electron chi connectivity index (χ0n) is 19.2. The fraction of sp³-hybridized carbons (Fsp3) is 0. The Labute approximate surface area is 212 Å². The van der Waals surface area contributed by atoms with Gasteiger partial charge in [0.05, 0.1) is 11.2 Å². The van der Waals surface area contributed by atoms with Crippen molar-refractivity contribution >= 4 is 44.4 Å². The van der Waals surface area contributed by atoms with E-state index in [0.717, 1.165) is 66.4 Å². The van der Waals surface area contributed by atoms with Gasteiger partial charge in [-0.15, -0.1) is 0 Å². The first-order chi connectivity index (χ1) is 17.7. The highest BCUT2D eigenvalue weighted by molar-refractivity contribution is 6.29. The number of hydrogen-bond donors (Lipinski definition) is 0. The number of furan rings is 1. The maximum absolute atomic E-state index is 6.48. The van der Waals surface area contributed by atoms with Gasteiger partial charge in [0.1, 0.15) is 11.2 Å². The average molecular weight is 483 g/mol. The second kappa shape index (κ2) is 8.33. The van der Waals surface area contributed by atoms with Crippen LogP contribution in [0, 0.1) is 0 Å². The number of aromatic nitrogens is 2. The highest BCUT2D eigenvalue weighted by atomic mass is 35.5. The van der Waals surface area contributed by atoms with Crippen molar-refractivity contribution in [2.24, 2.45) is 0 Å². The maximum Gasteiger partial charge on any atom is 0.223 e. The zero-order valence-corrected chi connectivity index (χ0v) is 19.9. The van der Waals surface area contributed by atoms with Crippen molar-refractivity contribution in [2.45, 2.75) is 0 Å². The summed E-state index contributed by atoms with van der Waals surface area (Å²) in [6.45, 7) is 0. The minimum absolute atomic E-state index is 0.223. The molecule has 7 rings (SSSR count). The summed E-state index contributed by atoms with van der Waals surface area (Å²) in [5.74, 6) is 0. The lowest BCUT2D eigenvalue weighted by atomic mass is 9.91. The molecule has 0 atom stereocenters. The fourth-order valence-electron chi connectivity index (χ4n) is 4.95. The van der Waals surface area contributed by atoms with Crippen molar-refractivity contribution in [1.29, 1.82) is 0 Å². The van der Waals surface area contributed by atoms with Crippen LogP contribution in [0.3, 0.4) is 0 Å². The quantitative estimate of drug-likeness (QED) is 0.235. The Morgan fingerprint density at radius 3 is 1.89 bits per heavy atom. The van der Waals surface area contributed by atoms with Crippen molar-refractivity contribution in [3.05, 3.63) is 121 Å². The van der Waals surface area contributed by atoms with Crippen molar-refractivity contribution in [3.63, 3.8) is 0 Å². The van der Waals surface area contributed by atoms with Gasteiger partial charge in [-0.05, 0) is 70.3 Å². The number of rotatable bonds is 3. The lowest BCUT2D eigenvalue weighted by molar-refractivity contribution is 0.669. The smallest absolute Gasteiger partial charge is 0.223 e. The molecular formula is C32H19ClN2O. The molecular weight excluding hydrogens is 464 g/mol. The fourth-order valence-corrected chi connectivity index (χ4v) is 5.13. The molecule has 0 radical (unpaired) electrons. The predicted molar refractivity (Wildman–Crippen MR) is 148 cm³/mol. The first-order valence-electron chi connectivity index (χ1n) is 11.8. The van der Waals surface area contributed by atoms with E-state index in [4.69, 9.17) is 21.0 Å². The minimum Gasteiger partial charge on any atom is -0.456 e. The van der Waals surface area contributed by atoms with Crippen LogP contribution in [0.25, 0.3) is 66.4 Å². The van der Waals surface area contributed by atoms with Gasteiger partial charge in [-0.1, -0.05) is 78.9 Å². The summed E-state index contributed by atoms with van der Waals surface area (Å²) < 4.78 is 6.04. The average Bonchev–Trinajstić information content (AvgIpc) is 3.31. The van der Waals surface area contributed by atoms with Gasteiger partial charge in [0, 0.05) is 21.7 Å². The Morgan fingerprint density at radius 1 is 0.500 bits per heavy atom. The molecule has 170 valence electrons. The van der Waals surface area contributed by atoms with E-state index in [1.807, 2.05) is 42.5 Å². The number of halogens is 1. The third-order valence-electron chi connectivity index (χ3n) is 6.63. The molecule has 0 aliphatic rings. The predicted octanol–water partition coefficient (Wildman–Crippen LogP) is 9.18. The van der Waals surface area contributed by atoms with E-state index in [1.165, 1.54) is 0 Å². The normalized spacial score (nSPS) is 11.5. The van der Waals surface area contributed by atoms with E-state index in [9.17, 15) is 0 Å². The molecule has 0 saturated heterocycles. The molecule has 5 aromatic carbocycles. The maximum atomic E-state index is 6.48. The largest absolute Gasteiger partial charge is 0.456 e. The highest BCUT2D eigenvalue weighted by Gasteiger charge is 2.17. The molecule has 0 N–H and O–H groups in total. The second-order valence-electron chi connectivity index (χ2n) is 8.80. The molecule has 0 fully saturated rings. The summed E-state index contributed by atoms with van der Waals surface area (Å²) in [6.07, 6.45) is 0. The summed E-state index contributed by atoms with van der Waals surface area (Å²) in [7, 11) is 0. The Kier molecular flexibility index (Phi) is 4.83. The minimum atomic E-state index is 0.223. The molecule has 0 spiro atoms. The van der Waals surface area contributed by atoms with Crippen LogP contribution in [0.5, 0.6) is 0 Å². The van der Waals surface area contributed by atoms with E-state index >= 15 is 0 Å². The molecule has 2 heterocycles. The van der Waals surface area contributed by atoms with Crippen LogP contribution < -0.4 is 0 Å². The van der Waals surface area contributed by atoms with Gasteiger partial charge in [-0.3, -0.25) is 0 Å². The molecule has 4 heteroatoms. The summed E-state index contributed by atoms with van der Waals surface area (Å²) in [6, 6.07) is 39.4. The second-order valence-corrected chi connectivity index (χ2v) is 9.14. The molecule has 0 saturated carbocycles. The van der Waals surface area contributed by atoms with Gasteiger partial charge in [-0.25, -0.2) is 9.97 Å². The Morgan fingerprint density at radius 2 is 1.14 bits per heavy atom. The van der Waals surface area contributed by atoms with Gasteiger partial charge in [0.25, 0.3) is 0 Å². The van der Waals surface area contributed by atoms with Crippen LogP contribution in [-0.4, -0.2) is 9.97 Å². The lowest BCUT2D eigenvalue weighted by Gasteiger charge is -2.14. The molecule has 0 aliphatic heterocycles. The molecule has 0 bridgehead atoms. The Bertz CT molecular complexity index is 1890. The van der Waals surface area contributed by atoms with Crippen LogP contribution in [0.15, 0.2) is 120 Å². The van der Waals surface area contributed by atoms with Crippen molar-refractivity contribution in [1.82, 2.24) is 9.97 Å². The van der Waals surface area contributed by atoms with E-state index in [0.29, 0.717) is 0 Å². The van der Waals surface area contributed by atoms with Crippen molar-refractivity contribution < 1.29 is 4.42 Å². The third-order valence-corrected chi connectivity index (χ3v) is 6.80. The number of para-hydroxylation sites is 1. The van der Waals surface area contributed by atoms with Gasteiger partial charge >= 0.3 is 0 Å². The number of benzene rings is 5. The summed E-state index contributed by atoms with van der Waals surface area (Å²) >= 11 is 6.48. The first kappa shape index (κ1) is 20.9. The summed E-state index contributed by atoms with van der Waals surface area (Å²) in [5, 5.41) is 3.30. The highest BCUT2D eigenvalue weighted by Crippen LogP contribution is 2.39. The van der Waals surface area contributed by atoms with Crippen LogP contribution in [0.2, 0.25) is 5.28 Å². The first-order valence-corrected chi connectivity index (χ1v) is 12.2. The van der Waals surface area contributed by atoms with E-state index in [1.54, 1.807) is 0 Å². The number of fused-ring (bicyclic) bond motifs is 4. The van der Waals surface area contributed by atoms with E-state index in [-0.39, 0.29) is 5.28 Å². The molecule has 0 unspecified atom stereocenters. The molecule has 0 amide bonds. The molecule has 7 aromatic rings. The molecule has 2 aromatic heterocycles. The Hall–Kier alpha value is -4.47. The standard InChI is InChI=1S/C32H19ClN2O/c33-32-34-28-19-25(21-11-5-2-6-12-21)24(20-9-3-1-4-10-20)18-27(28)31(35-32)22-15-16-30-26(17-22)23-13-7-8-14-29(23)36-30/h1-19H. The third kappa shape index (κ3) is 3.44. The number of nitrogens with zero attached hydrogens (tertiary/aromatic N) is 2. The van der Waals surface area contributed by atoms with E-state index < -0.39 is 0 Å². The van der Waals surface area contributed by atoms with Gasteiger partial charge in [0.15, 0.2) is 0 Å². The SMILES string of the molecule is Clc1nc(-c2ccc3oc4ccccc4c3c2)c2cc(-c3ccccc3)c(-c3ccccc3)cc2n1. The molecule has 0 aliphatic carbocycles. The number of hydrogen-bond acceptors (Lipinski definition) is 3. The molecule has 3 nitrogen and oxygen atoms in total. The van der Waals surface area contributed by atoms with Gasteiger partial charge in [0.2, 0.25) is 5.28 Å². The van der Waals surface area contributed by atoms with Crippen LogP contribution in [0.4, 0.5) is 0 Å². The monoisotopic (exact) mass is 482 g/mol. The summed E-state index contributed by atoms with van der Waals surface area (Å²) in [5.41, 5.74) is 8.78. The van der Waals surface area contributed by atoms with Gasteiger partial charge < -0.3 is 4.42 Å². The summed E-state index contributed by atoms with van der Waals surface area (Å²) in [4.78, 5) is 9.32. The zero-order chi connectivity index (χ0) is 24.1. The van der Waals surface area contributed by atoms with Crippen molar-refractivity contribution in [2.75, 3.05) is 0 Å². The Balaban J connectivity index is 1.53. The van der Waals surface area contributed by atoms with Crippen LogP contribution in [-0.2, 0) is 0 Å². The van der Waals surface area contributed by atoms with Gasteiger partial charge in [-0.2, -0.15) is 0 Å². The molecule has 36 heavy (non-hydrogen) atoms. The topological polar surface area (TPSA) is 38.9 Å². The van der Waals surface area contributed by atoms with E-state index in [2.05, 4.69) is 77.8 Å². The van der Waals surface area contributed by atoms with Crippen LogP contribution >= 0.6 is 11.6 Å². The van der Waals surface area contributed by atoms with Crippen molar-refractivity contribution in [3.8, 4) is 33.5 Å². The lowest BCUT2D eigenvalue weighted by Crippen LogP contribution is -1.94.